The van der Waals surface area contributed by atoms with E-state index in [2.05, 4.69) is 0 Å². The molecule has 0 saturated heterocycles. The van der Waals surface area contributed by atoms with Crippen LogP contribution in [0.1, 0.15) is 19.8 Å². The summed E-state index contributed by atoms with van der Waals surface area (Å²) in [6.07, 6.45) is 2.52. The molecule has 1 fully saturated rings. The lowest BCUT2D eigenvalue weighted by molar-refractivity contribution is -0.134. The first-order valence-corrected chi connectivity index (χ1v) is 2.97. The molecule has 1 rings (SSSR count). The van der Waals surface area contributed by atoms with Gasteiger partial charge in [0.1, 0.15) is 0 Å². The molecular weight excluding hydrogens is 120 g/mol. The van der Waals surface area contributed by atoms with Crippen molar-refractivity contribution in [2.75, 3.05) is 6.61 Å². The topological polar surface area (TPSA) is 57.5 Å². The van der Waals surface area contributed by atoms with Crippen LogP contribution in [-0.2, 0) is 4.79 Å². The van der Waals surface area contributed by atoms with Crippen molar-refractivity contribution in [2.24, 2.45) is 5.92 Å². The molecule has 0 aromatic heterocycles. The van der Waals surface area contributed by atoms with Crippen LogP contribution in [0.4, 0.5) is 0 Å². The summed E-state index contributed by atoms with van der Waals surface area (Å²) in [4.78, 5) is 9.00. The molecule has 1 saturated carbocycles. The summed E-state index contributed by atoms with van der Waals surface area (Å²) in [5.41, 5.74) is 0. The quantitative estimate of drug-likeness (QED) is 0.545. The molecule has 9 heavy (non-hydrogen) atoms. The molecule has 0 spiro atoms. The fourth-order valence-electron chi connectivity index (χ4n) is 0.300. The average Bonchev–Trinajstić information content (AvgIpc) is 2.43. The molecule has 0 heterocycles. The fourth-order valence-corrected chi connectivity index (χ4v) is 0.300. The summed E-state index contributed by atoms with van der Waals surface area (Å²) in [6, 6.07) is 0. The number of hydrogen-bond acceptors (Lipinski definition) is 2. The molecule has 54 valence electrons. The second kappa shape index (κ2) is 4.32. The van der Waals surface area contributed by atoms with E-state index in [0.29, 0.717) is 12.5 Å². The van der Waals surface area contributed by atoms with Crippen molar-refractivity contribution in [1.29, 1.82) is 0 Å². The van der Waals surface area contributed by atoms with Crippen LogP contribution in [0.15, 0.2) is 0 Å². The van der Waals surface area contributed by atoms with Gasteiger partial charge in [-0.1, -0.05) is 0 Å². The maximum atomic E-state index is 9.00. The lowest BCUT2D eigenvalue weighted by atomic mass is 10.5. The van der Waals surface area contributed by atoms with E-state index in [9.17, 15) is 0 Å². The molecule has 0 aliphatic heterocycles. The van der Waals surface area contributed by atoms with E-state index >= 15 is 0 Å². The van der Waals surface area contributed by atoms with Gasteiger partial charge in [-0.2, -0.15) is 0 Å². The van der Waals surface area contributed by atoms with Gasteiger partial charge in [0.05, 0.1) is 0 Å². The Labute approximate surface area is 54.3 Å². The third-order valence-corrected chi connectivity index (χ3v) is 0.955. The Morgan fingerprint density at radius 3 is 2.00 bits per heavy atom. The summed E-state index contributed by atoms with van der Waals surface area (Å²) in [7, 11) is 0. The summed E-state index contributed by atoms with van der Waals surface area (Å²) in [5, 5.41) is 15.6. The smallest absolute Gasteiger partial charge is 0.300 e. The van der Waals surface area contributed by atoms with Gasteiger partial charge in [0, 0.05) is 13.5 Å². The number of carboxylic acids is 1. The Morgan fingerprint density at radius 1 is 1.67 bits per heavy atom. The SMILES string of the molecule is CC(=O)O.OCC1CC1. The minimum absolute atomic E-state index is 0.417. The highest BCUT2D eigenvalue weighted by Crippen LogP contribution is 2.27. The van der Waals surface area contributed by atoms with Gasteiger partial charge >= 0.3 is 0 Å². The maximum Gasteiger partial charge on any atom is 0.300 e. The van der Waals surface area contributed by atoms with Crippen molar-refractivity contribution in [3.63, 3.8) is 0 Å². The van der Waals surface area contributed by atoms with Gasteiger partial charge in [-0.25, -0.2) is 0 Å². The first-order chi connectivity index (χ1) is 4.16. The molecule has 3 heteroatoms. The molecular formula is C6H12O3. The van der Waals surface area contributed by atoms with Crippen molar-refractivity contribution in [2.45, 2.75) is 19.8 Å². The zero-order valence-electron chi connectivity index (χ0n) is 5.50. The summed E-state index contributed by atoms with van der Waals surface area (Å²) >= 11 is 0. The van der Waals surface area contributed by atoms with Crippen molar-refractivity contribution in [3.05, 3.63) is 0 Å². The van der Waals surface area contributed by atoms with Crippen molar-refractivity contribution >= 4 is 5.97 Å². The molecule has 0 aromatic carbocycles. The molecule has 0 amide bonds. The number of aliphatic hydroxyl groups excluding tert-OH is 1. The standard InChI is InChI=1S/C4H8O.C2H4O2/c5-3-4-1-2-4;1-2(3)4/h4-5H,1-3H2;1H3,(H,3,4). The minimum atomic E-state index is -0.833. The Morgan fingerprint density at radius 2 is 2.00 bits per heavy atom. The predicted octanol–water partition coefficient (Wildman–Crippen LogP) is 0.480. The van der Waals surface area contributed by atoms with Gasteiger partial charge in [0.15, 0.2) is 0 Å². The van der Waals surface area contributed by atoms with Crippen LogP contribution in [-0.4, -0.2) is 22.8 Å². The van der Waals surface area contributed by atoms with E-state index in [1.165, 1.54) is 12.8 Å². The Balaban J connectivity index is 0.000000148. The largest absolute Gasteiger partial charge is 0.481 e. The van der Waals surface area contributed by atoms with Crippen molar-refractivity contribution < 1.29 is 15.0 Å². The highest BCUT2D eigenvalue weighted by molar-refractivity contribution is 5.62. The van der Waals surface area contributed by atoms with Gasteiger partial charge in [-0.05, 0) is 18.8 Å². The second-order valence-electron chi connectivity index (χ2n) is 2.14. The highest BCUT2D eigenvalue weighted by Gasteiger charge is 2.18. The predicted molar refractivity (Wildman–Crippen MR) is 33.1 cm³/mol. The van der Waals surface area contributed by atoms with Crippen LogP contribution >= 0.6 is 0 Å². The van der Waals surface area contributed by atoms with Crippen molar-refractivity contribution in [1.82, 2.24) is 0 Å². The number of rotatable bonds is 1. The van der Waals surface area contributed by atoms with Gasteiger partial charge < -0.3 is 10.2 Å². The first-order valence-electron chi connectivity index (χ1n) is 2.97. The van der Waals surface area contributed by atoms with Gasteiger partial charge in [-0.3, -0.25) is 4.79 Å². The Bertz CT molecular complexity index is 82.3. The van der Waals surface area contributed by atoms with E-state index < -0.39 is 5.97 Å². The molecule has 0 unspecified atom stereocenters. The molecule has 0 aromatic rings. The van der Waals surface area contributed by atoms with Crippen LogP contribution < -0.4 is 0 Å². The molecule has 2 N–H and O–H groups in total. The molecule has 1 aliphatic rings. The van der Waals surface area contributed by atoms with E-state index in [0.717, 1.165) is 6.92 Å². The normalized spacial score (nSPS) is 15.8. The third-order valence-electron chi connectivity index (χ3n) is 0.955. The van der Waals surface area contributed by atoms with Crippen LogP contribution in [0.25, 0.3) is 0 Å². The van der Waals surface area contributed by atoms with E-state index in [4.69, 9.17) is 15.0 Å². The summed E-state index contributed by atoms with van der Waals surface area (Å²) in [5.74, 6) is -0.144. The zero-order chi connectivity index (χ0) is 7.28. The minimum Gasteiger partial charge on any atom is -0.481 e. The number of hydrogen-bond donors (Lipinski definition) is 2. The molecule has 3 nitrogen and oxygen atoms in total. The van der Waals surface area contributed by atoms with Crippen LogP contribution in [0.2, 0.25) is 0 Å². The average molecular weight is 132 g/mol. The summed E-state index contributed by atoms with van der Waals surface area (Å²) in [6.45, 7) is 1.50. The van der Waals surface area contributed by atoms with Crippen LogP contribution in [0.5, 0.6) is 0 Å². The third kappa shape index (κ3) is 11.2. The second-order valence-corrected chi connectivity index (χ2v) is 2.14. The maximum absolute atomic E-state index is 9.00. The Kier molecular flexibility index (Phi) is 4.05. The fraction of sp³-hybridized carbons (Fsp3) is 0.833. The monoisotopic (exact) mass is 132 g/mol. The molecule has 0 atom stereocenters. The first kappa shape index (κ1) is 8.43. The van der Waals surface area contributed by atoms with E-state index in [1.807, 2.05) is 0 Å². The number of aliphatic hydroxyl groups is 1. The zero-order valence-corrected chi connectivity index (χ0v) is 5.50. The lowest BCUT2D eigenvalue weighted by Gasteiger charge is -1.73. The number of carboxylic acid groups (broad SMARTS) is 1. The molecule has 0 radical (unpaired) electrons. The Hall–Kier alpha value is -0.570. The van der Waals surface area contributed by atoms with Crippen molar-refractivity contribution in [3.8, 4) is 0 Å². The van der Waals surface area contributed by atoms with Crippen LogP contribution in [0, 0.1) is 5.92 Å². The van der Waals surface area contributed by atoms with Crippen LogP contribution in [0.3, 0.4) is 0 Å². The van der Waals surface area contributed by atoms with Gasteiger partial charge in [0.2, 0.25) is 0 Å². The van der Waals surface area contributed by atoms with E-state index in [-0.39, 0.29) is 0 Å². The van der Waals surface area contributed by atoms with E-state index in [1.54, 1.807) is 0 Å². The molecule has 0 bridgehead atoms. The van der Waals surface area contributed by atoms with Gasteiger partial charge in [0.25, 0.3) is 5.97 Å². The summed E-state index contributed by atoms with van der Waals surface area (Å²) < 4.78 is 0. The number of aliphatic carboxylic acids is 1. The lowest BCUT2D eigenvalue weighted by Crippen LogP contribution is -1.78. The van der Waals surface area contributed by atoms with Gasteiger partial charge in [-0.15, -0.1) is 0 Å². The highest BCUT2D eigenvalue weighted by atomic mass is 16.4. The number of carbonyl (C=O) groups is 1. The molecule has 1 aliphatic carbocycles.